The van der Waals surface area contributed by atoms with Crippen molar-refractivity contribution in [1.29, 1.82) is 0 Å². The molecule has 2 aliphatic carbocycles. The van der Waals surface area contributed by atoms with Crippen LogP contribution in [0.1, 0.15) is 6.42 Å². The number of para-hydroxylation sites is 6. The zero-order valence-corrected chi connectivity index (χ0v) is 31.6. The molecule has 6 nitrogen and oxygen atoms in total. The van der Waals surface area contributed by atoms with Gasteiger partial charge in [-0.3, -0.25) is 0 Å². The Bertz CT molecular complexity index is 1540. The summed E-state index contributed by atoms with van der Waals surface area (Å²) in [6, 6.07) is 57.0. The van der Waals surface area contributed by atoms with Crippen molar-refractivity contribution in [3.05, 3.63) is 206 Å². The third-order valence-electron chi connectivity index (χ3n) is 7.29. The number of hydrogen-bond acceptors (Lipinski definition) is 6. The summed E-state index contributed by atoms with van der Waals surface area (Å²) in [4.78, 5) is 0. The van der Waals surface area contributed by atoms with Gasteiger partial charge < -0.3 is 27.1 Å². The van der Waals surface area contributed by atoms with Gasteiger partial charge in [0.15, 0.2) is 0 Å². The van der Waals surface area contributed by atoms with Crippen LogP contribution in [0.2, 0.25) is 0 Å². The van der Waals surface area contributed by atoms with Crippen molar-refractivity contribution in [3.63, 3.8) is 0 Å². The van der Waals surface area contributed by atoms with E-state index in [-0.39, 0.29) is 19.5 Å². The number of fused-ring (bicyclic) bond motifs is 2. The summed E-state index contributed by atoms with van der Waals surface area (Å²) >= 11 is 0. The van der Waals surface area contributed by atoms with E-state index in [1.165, 1.54) is 6.42 Å². The number of hydrogen-bond donors (Lipinski definition) is 0. The van der Waals surface area contributed by atoms with E-state index in [2.05, 4.69) is 24.3 Å². The minimum Gasteiger partial charge on any atom is -0.409 e. The van der Waals surface area contributed by atoms with Gasteiger partial charge in [0.05, 0.1) is 0 Å². The Kier molecular flexibility index (Phi) is 15.8. The van der Waals surface area contributed by atoms with Crippen LogP contribution in [0.4, 0.5) is 0 Å². The predicted octanol–water partition coefficient (Wildman–Crippen LogP) is 12.6. The van der Waals surface area contributed by atoms with Crippen molar-refractivity contribution >= 4 is 17.2 Å². The Hall–Kier alpha value is -4.92. The minimum absolute atomic E-state index is 0. The van der Waals surface area contributed by atoms with E-state index in [1.54, 1.807) is 0 Å². The largest absolute Gasteiger partial charge is 0.530 e. The molecule has 0 aliphatic heterocycles. The smallest absolute Gasteiger partial charge is 0.409 e. The summed E-state index contributed by atoms with van der Waals surface area (Å²) < 4.78 is 35.1. The third-order valence-corrected chi connectivity index (χ3v) is 9.45. The van der Waals surface area contributed by atoms with Crippen LogP contribution >= 0.6 is 17.2 Å². The predicted molar refractivity (Wildman–Crippen MR) is 206 cm³/mol. The van der Waals surface area contributed by atoms with Gasteiger partial charge in [-0.05, 0) is 91.1 Å². The summed E-state index contributed by atoms with van der Waals surface area (Å²) in [7, 11) is -3.18. The van der Waals surface area contributed by atoms with E-state index >= 15 is 0 Å². The van der Waals surface area contributed by atoms with Crippen LogP contribution in [0.5, 0.6) is 34.5 Å². The number of allylic oxidation sites excluding steroid dienone is 4. The maximum atomic E-state index is 5.84. The van der Waals surface area contributed by atoms with Crippen LogP contribution in [0.15, 0.2) is 206 Å². The minimum atomic E-state index is -1.59. The quantitative estimate of drug-likeness (QED) is 0.0697. The topological polar surface area (TPSA) is 55.4 Å². The van der Waals surface area contributed by atoms with Gasteiger partial charge >= 0.3 is 17.2 Å². The number of benzene rings is 6. The molecule has 0 spiro atoms. The summed E-state index contributed by atoms with van der Waals surface area (Å²) in [5, 5.41) is 0. The molecule has 0 unspecified atom stereocenters. The fraction of sp³-hybridized carbons (Fsp3) is 0.0698. The maximum Gasteiger partial charge on any atom is 0.530 e. The normalized spacial score (nSPS) is 14.5. The molecule has 2 bridgehead atoms. The van der Waals surface area contributed by atoms with Crippen molar-refractivity contribution in [1.82, 2.24) is 0 Å². The molecule has 9 heteroatoms. The second-order valence-corrected chi connectivity index (χ2v) is 13.2. The maximum absolute atomic E-state index is 5.84. The van der Waals surface area contributed by atoms with Crippen LogP contribution in [-0.4, -0.2) is 0 Å². The first-order valence-electron chi connectivity index (χ1n) is 16.6. The van der Waals surface area contributed by atoms with Gasteiger partial charge in [-0.25, -0.2) is 0 Å². The summed E-state index contributed by atoms with van der Waals surface area (Å²) in [5.41, 5.74) is 0. The molecule has 2 aliphatic rings. The summed E-state index contributed by atoms with van der Waals surface area (Å²) in [6.07, 6.45) is 10.5. The second-order valence-electron chi connectivity index (χ2n) is 11.2. The molecular formula is C43H38O6P2Rh. The third kappa shape index (κ3) is 13.3. The summed E-state index contributed by atoms with van der Waals surface area (Å²) in [5.74, 6) is 5.87. The van der Waals surface area contributed by atoms with Crippen molar-refractivity contribution in [2.75, 3.05) is 0 Å². The molecule has 0 saturated carbocycles. The summed E-state index contributed by atoms with van der Waals surface area (Å²) in [6.45, 7) is 0. The van der Waals surface area contributed by atoms with Gasteiger partial charge in [0.1, 0.15) is 34.5 Å². The first-order chi connectivity index (χ1) is 25.2. The Morgan fingerprint density at radius 3 is 0.596 bits per heavy atom. The van der Waals surface area contributed by atoms with E-state index in [0.717, 1.165) is 11.8 Å². The zero-order chi connectivity index (χ0) is 34.8. The van der Waals surface area contributed by atoms with E-state index in [0.29, 0.717) is 34.5 Å². The van der Waals surface area contributed by atoms with Crippen LogP contribution in [0.3, 0.4) is 0 Å². The molecule has 0 saturated heterocycles. The van der Waals surface area contributed by atoms with Gasteiger partial charge in [-0.2, -0.15) is 0 Å². The molecular weight excluding hydrogens is 777 g/mol. The zero-order valence-electron chi connectivity index (χ0n) is 28.2. The molecule has 0 amide bonds. The molecule has 8 rings (SSSR count). The van der Waals surface area contributed by atoms with Gasteiger partial charge in [0.2, 0.25) is 0 Å². The Morgan fingerprint density at radius 2 is 0.462 bits per heavy atom. The van der Waals surface area contributed by atoms with Crippen LogP contribution in [0.25, 0.3) is 0 Å². The van der Waals surface area contributed by atoms with Crippen molar-refractivity contribution < 1.29 is 46.6 Å². The molecule has 1 radical (unpaired) electrons. The van der Waals surface area contributed by atoms with Crippen molar-refractivity contribution in [2.45, 2.75) is 6.42 Å². The Balaban J connectivity index is 0.000000166. The standard InChI is InChI=1S/2C18H15O3P.C7H8.Rh/c2*1-4-10-16(11-5-1)19-22(20-17-12-6-2-7-13-17)21-18-14-8-3-9-15-18;1-2-7-4-3-6(1)5-7;/h2*1-15H;1-4,6-7H,5H2;. The Morgan fingerprint density at radius 1 is 0.288 bits per heavy atom. The SMILES string of the molecule is C1=CC2C=CC1C2.[Rh].c1ccc(OP(Oc2ccccc2)Oc2ccccc2)cc1.c1ccc(OP(Oc2ccccc2)Oc2ccccc2)cc1. The van der Waals surface area contributed by atoms with E-state index in [9.17, 15) is 0 Å². The van der Waals surface area contributed by atoms with Crippen molar-refractivity contribution in [2.24, 2.45) is 11.8 Å². The van der Waals surface area contributed by atoms with E-state index < -0.39 is 17.2 Å². The average molecular weight is 816 g/mol. The molecule has 0 N–H and O–H groups in total. The monoisotopic (exact) mass is 815 g/mol. The molecule has 0 heterocycles. The van der Waals surface area contributed by atoms with Crippen LogP contribution in [-0.2, 0) is 19.5 Å². The van der Waals surface area contributed by atoms with Crippen molar-refractivity contribution in [3.8, 4) is 34.5 Å². The van der Waals surface area contributed by atoms with E-state index in [4.69, 9.17) is 27.1 Å². The molecule has 52 heavy (non-hydrogen) atoms. The van der Waals surface area contributed by atoms with Gasteiger partial charge in [0.25, 0.3) is 0 Å². The average Bonchev–Trinajstić information content (AvgIpc) is 3.85. The molecule has 0 atom stereocenters. The molecule has 0 fully saturated rings. The fourth-order valence-corrected chi connectivity index (χ4v) is 6.83. The Labute approximate surface area is 321 Å². The van der Waals surface area contributed by atoms with Gasteiger partial charge in [-0.15, -0.1) is 0 Å². The molecule has 6 aromatic rings. The first kappa shape index (κ1) is 38.3. The number of rotatable bonds is 12. The molecule has 0 aromatic heterocycles. The second kappa shape index (κ2) is 21.4. The van der Waals surface area contributed by atoms with Gasteiger partial charge in [0, 0.05) is 19.5 Å². The fourth-order valence-electron chi connectivity index (χ4n) is 4.84. The van der Waals surface area contributed by atoms with Gasteiger partial charge in [-0.1, -0.05) is 133 Å². The van der Waals surface area contributed by atoms with Crippen LogP contribution < -0.4 is 27.1 Å². The van der Waals surface area contributed by atoms with E-state index in [1.807, 2.05) is 182 Å². The molecule has 265 valence electrons. The first-order valence-corrected chi connectivity index (χ1v) is 18.8. The van der Waals surface area contributed by atoms with Crippen LogP contribution in [0, 0.1) is 11.8 Å². The molecule has 6 aromatic carbocycles.